The van der Waals surface area contributed by atoms with Gasteiger partial charge < -0.3 is 4.57 Å². The topological polar surface area (TPSA) is 34.9 Å². The first-order chi connectivity index (χ1) is 7.15. The van der Waals surface area contributed by atoms with Crippen molar-refractivity contribution < 1.29 is 4.79 Å². The molecule has 0 aliphatic rings. The van der Waals surface area contributed by atoms with E-state index < -0.39 is 0 Å². The highest BCUT2D eigenvalue weighted by Gasteiger charge is 2.13. The van der Waals surface area contributed by atoms with E-state index in [1.807, 2.05) is 36.6 Å². The van der Waals surface area contributed by atoms with Crippen LogP contribution >= 0.6 is 15.9 Å². The van der Waals surface area contributed by atoms with Crippen LogP contribution in [0.3, 0.4) is 0 Å². The lowest BCUT2D eigenvalue weighted by Crippen LogP contribution is -2.05. The molecule has 0 aliphatic carbocycles. The molecule has 0 saturated heterocycles. The Morgan fingerprint density at radius 1 is 1.47 bits per heavy atom. The first kappa shape index (κ1) is 10.4. The molecule has 3 nitrogen and oxygen atoms in total. The van der Waals surface area contributed by atoms with Gasteiger partial charge >= 0.3 is 0 Å². The van der Waals surface area contributed by atoms with E-state index in [4.69, 9.17) is 0 Å². The number of rotatable bonds is 2. The monoisotopic (exact) mass is 266 g/mol. The molecule has 0 radical (unpaired) electrons. The molecule has 1 aromatic carbocycles. The lowest BCUT2D eigenvalue weighted by Gasteiger charge is -2.09. The third-order valence-electron chi connectivity index (χ3n) is 2.32. The Hall–Kier alpha value is -1.16. The van der Waals surface area contributed by atoms with Gasteiger partial charge in [-0.3, -0.25) is 4.79 Å². The highest BCUT2D eigenvalue weighted by molar-refractivity contribution is 9.10. The van der Waals surface area contributed by atoms with Gasteiger partial charge in [0.2, 0.25) is 0 Å². The molecule has 2 rings (SSSR count). The van der Waals surface area contributed by atoms with Crippen molar-refractivity contribution in [3.8, 4) is 0 Å². The van der Waals surface area contributed by atoms with Crippen molar-refractivity contribution in [3.05, 3.63) is 28.5 Å². The second-order valence-electron chi connectivity index (χ2n) is 3.66. The lowest BCUT2D eigenvalue weighted by atomic mass is 10.3. The zero-order valence-electron chi connectivity index (χ0n) is 8.57. The van der Waals surface area contributed by atoms with Gasteiger partial charge in [0.05, 0.1) is 5.52 Å². The Kier molecular flexibility index (Phi) is 2.61. The van der Waals surface area contributed by atoms with Gasteiger partial charge in [-0.1, -0.05) is 6.07 Å². The molecule has 0 N–H and O–H groups in total. The summed E-state index contributed by atoms with van der Waals surface area (Å²) in [6.45, 7) is 4.07. The fraction of sp³-hybridized carbons (Fsp3) is 0.273. The SMILES string of the molecule is CC(C)n1c(C=O)nc2c(Br)cccc21. The number of hydrogen-bond acceptors (Lipinski definition) is 2. The van der Waals surface area contributed by atoms with Crippen molar-refractivity contribution in [2.45, 2.75) is 19.9 Å². The summed E-state index contributed by atoms with van der Waals surface area (Å²) in [5, 5.41) is 0. The maximum absolute atomic E-state index is 10.9. The van der Waals surface area contributed by atoms with Crippen LogP contribution in [0.4, 0.5) is 0 Å². The number of aromatic nitrogens is 2. The van der Waals surface area contributed by atoms with E-state index in [0.29, 0.717) is 5.82 Å². The van der Waals surface area contributed by atoms with E-state index in [0.717, 1.165) is 21.8 Å². The Balaban J connectivity index is 2.86. The van der Waals surface area contributed by atoms with Gasteiger partial charge in [0.25, 0.3) is 0 Å². The lowest BCUT2D eigenvalue weighted by molar-refractivity contribution is 0.111. The molecule has 0 fully saturated rings. The second-order valence-corrected chi connectivity index (χ2v) is 4.51. The Bertz CT molecular complexity index is 517. The average molecular weight is 267 g/mol. The zero-order valence-corrected chi connectivity index (χ0v) is 10.2. The first-order valence-electron chi connectivity index (χ1n) is 4.76. The Morgan fingerprint density at radius 3 is 2.80 bits per heavy atom. The van der Waals surface area contributed by atoms with Gasteiger partial charge in [-0.2, -0.15) is 0 Å². The van der Waals surface area contributed by atoms with Gasteiger partial charge in [-0.15, -0.1) is 0 Å². The van der Waals surface area contributed by atoms with Crippen molar-refractivity contribution in [2.75, 3.05) is 0 Å². The summed E-state index contributed by atoms with van der Waals surface area (Å²) in [4.78, 5) is 15.2. The van der Waals surface area contributed by atoms with Crippen LogP contribution in [0.2, 0.25) is 0 Å². The molecule has 0 bridgehead atoms. The van der Waals surface area contributed by atoms with E-state index in [-0.39, 0.29) is 6.04 Å². The molecule has 15 heavy (non-hydrogen) atoms. The number of fused-ring (bicyclic) bond motifs is 1. The highest BCUT2D eigenvalue weighted by atomic mass is 79.9. The van der Waals surface area contributed by atoms with Crippen LogP contribution in [0.15, 0.2) is 22.7 Å². The average Bonchev–Trinajstić information content (AvgIpc) is 2.57. The first-order valence-corrected chi connectivity index (χ1v) is 5.56. The van der Waals surface area contributed by atoms with E-state index in [2.05, 4.69) is 20.9 Å². The summed E-state index contributed by atoms with van der Waals surface area (Å²) in [5.74, 6) is 0.479. The standard InChI is InChI=1S/C11H11BrN2O/c1-7(2)14-9-5-3-4-8(12)11(9)13-10(14)6-15/h3-7H,1-2H3. The zero-order chi connectivity index (χ0) is 11.0. The van der Waals surface area contributed by atoms with Crippen LogP contribution in [-0.4, -0.2) is 15.8 Å². The van der Waals surface area contributed by atoms with Crippen molar-refractivity contribution >= 4 is 33.2 Å². The molecular formula is C11H11BrN2O. The minimum absolute atomic E-state index is 0.226. The Morgan fingerprint density at radius 2 is 2.20 bits per heavy atom. The molecule has 0 unspecified atom stereocenters. The second kappa shape index (κ2) is 3.77. The maximum Gasteiger partial charge on any atom is 0.185 e. The van der Waals surface area contributed by atoms with Gasteiger partial charge in [0.1, 0.15) is 5.52 Å². The van der Waals surface area contributed by atoms with Crippen LogP contribution in [0.25, 0.3) is 11.0 Å². The van der Waals surface area contributed by atoms with Crippen molar-refractivity contribution in [2.24, 2.45) is 0 Å². The van der Waals surface area contributed by atoms with Gasteiger partial charge in [0.15, 0.2) is 12.1 Å². The fourth-order valence-corrected chi connectivity index (χ4v) is 2.17. The smallest absolute Gasteiger partial charge is 0.185 e. The Labute approximate surface area is 96.2 Å². The number of nitrogens with zero attached hydrogens (tertiary/aromatic N) is 2. The molecule has 1 heterocycles. The summed E-state index contributed by atoms with van der Waals surface area (Å²) in [6, 6.07) is 6.07. The third kappa shape index (κ3) is 1.59. The summed E-state index contributed by atoms with van der Waals surface area (Å²) < 4.78 is 2.86. The molecule has 0 atom stereocenters. The molecule has 4 heteroatoms. The van der Waals surface area contributed by atoms with E-state index in [9.17, 15) is 4.79 Å². The molecule has 0 spiro atoms. The van der Waals surface area contributed by atoms with Gasteiger partial charge in [-0.05, 0) is 41.9 Å². The van der Waals surface area contributed by atoms with E-state index >= 15 is 0 Å². The molecule has 78 valence electrons. The third-order valence-corrected chi connectivity index (χ3v) is 2.96. The van der Waals surface area contributed by atoms with Crippen LogP contribution in [0, 0.1) is 0 Å². The van der Waals surface area contributed by atoms with Gasteiger partial charge in [-0.25, -0.2) is 4.98 Å². The fourth-order valence-electron chi connectivity index (χ4n) is 1.73. The number of benzene rings is 1. The summed E-state index contributed by atoms with van der Waals surface area (Å²) in [7, 11) is 0. The number of carbonyl (C=O) groups is 1. The number of para-hydroxylation sites is 1. The van der Waals surface area contributed by atoms with Gasteiger partial charge in [0, 0.05) is 10.5 Å². The summed E-state index contributed by atoms with van der Waals surface area (Å²) in [6.07, 6.45) is 0.798. The molecular weight excluding hydrogens is 256 g/mol. The summed E-state index contributed by atoms with van der Waals surface area (Å²) in [5.41, 5.74) is 1.83. The number of hydrogen-bond donors (Lipinski definition) is 0. The van der Waals surface area contributed by atoms with Crippen molar-refractivity contribution in [1.29, 1.82) is 0 Å². The minimum Gasteiger partial charge on any atom is -0.319 e. The number of carbonyl (C=O) groups excluding carboxylic acids is 1. The number of aldehydes is 1. The minimum atomic E-state index is 0.226. The van der Waals surface area contributed by atoms with Crippen LogP contribution in [0.5, 0.6) is 0 Å². The quantitative estimate of drug-likeness (QED) is 0.783. The van der Waals surface area contributed by atoms with Crippen molar-refractivity contribution in [3.63, 3.8) is 0 Å². The molecule has 1 aromatic heterocycles. The maximum atomic E-state index is 10.9. The predicted octanol–water partition coefficient (Wildman–Crippen LogP) is 3.19. The number of imidazole rings is 1. The van der Waals surface area contributed by atoms with E-state index in [1.54, 1.807) is 0 Å². The predicted molar refractivity (Wildman–Crippen MR) is 63.2 cm³/mol. The molecule has 0 amide bonds. The molecule has 2 aromatic rings. The van der Waals surface area contributed by atoms with E-state index in [1.165, 1.54) is 0 Å². The largest absolute Gasteiger partial charge is 0.319 e. The van der Waals surface area contributed by atoms with Crippen LogP contribution < -0.4 is 0 Å². The normalized spacial score (nSPS) is 11.2. The van der Waals surface area contributed by atoms with Crippen molar-refractivity contribution in [1.82, 2.24) is 9.55 Å². The molecule has 0 aliphatic heterocycles. The summed E-state index contributed by atoms with van der Waals surface area (Å²) >= 11 is 3.43. The highest BCUT2D eigenvalue weighted by Crippen LogP contribution is 2.26. The van der Waals surface area contributed by atoms with Crippen LogP contribution in [0.1, 0.15) is 30.5 Å². The van der Waals surface area contributed by atoms with Crippen LogP contribution in [-0.2, 0) is 0 Å². The molecule has 0 saturated carbocycles. The number of halogens is 1.